The molecule has 0 unspecified atom stereocenters. The Morgan fingerprint density at radius 1 is 0.783 bits per heavy atom. The Hall–Kier alpha value is -2.95. The molecular formula is C18H16N2O3. The number of ketones is 1. The van der Waals surface area contributed by atoms with Gasteiger partial charge in [0.25, 0.3) is 5.91 Å². The summed E-state index contributed by atoms with van der Waals surface area (Å²) in [6.45, 7) is 0. The Morgan fingerprint density at radius 3 is 2.04 bits per heavy atom. The summed E-state index contributed by atoms with van der Waals surface area (Å²) in [6.07, 6.45) is 1.70. The number of benzene rings is 2. The molecule has 0 radical (unpaired) electrons. The number of amides is 2. The molecule has 0 spiro atoms. The predicted octanol–water partition coefficient (Wildman–Crippen LogP) is 2.09. The first-order valence-electron chi connectivity index (χ1n) is 7.46. The molecule has 0 bridgehead atoms. The van der Waals surface area contributed by atoms with Crippen molar-refractivity contribution in [3.63, 3.8) is 0 Å². The van der Waals surface area contributed by atoms with E-state index in [-0.39, 0.29) is 23.2 Å². The number of hydrazine groups is 1. The molecular weight excluding hydrogens is 292 g/mol. The van der Waals surface area contributed by atoms with Crippen LogP contribution in [0.1, 0.15) is 39.1 Å². The fraction of sp³-hybridized carbons (Fsp3) is 0.167. The van der Waals surface area contributed by atoms with Gasteiger partial charge in [0.15, 0.2) is 5.78 Å². The number of hydrogen-bond donors (Lipinski definition) is 2. The van der Waals surface area contributed by atoms with Crippen LogP contribution >= 0.6 is 0 Å². The smallest absolute Gasteiger partial charge is 0.270 e. The molecule has 3 rings (SSSR count). The quantitative estimate of drug-likeness (QED) is 0.671. The maximum Gasteiger partial charge on any atom is 0.270 e. The number of carbonyl (C=O) groups is 3. The summed E-state index contributed by atoms with van der Waals surface area (Å²) in [6, 6.07) is 15.3. The number of carbonyl (C=O) groups excluding carboxylic acids is 3. The monoisotopic (exact) mass is 308 g/mol. The van der Waals surface area contributed by atoms with E-state index in [9.17, 15) is 14.4 Å². The molecule has 23 heavy (non-hydrogen) atoms. The predicted molar refractivity (Wildman–Crippen MR) is 84.6 cm³/mol. The van der Waals surface area contributed by atoms with Crippen molar-refractivity contribution >= 4 is 17.6 Å². The van der Waals surface area contributed by atoms with E-state index in [2.05, 4.69) is 10.9 Å². The van der Waals surface area contributed by atoms with Crippen LogP contribution in [0.15, 0.2) is 54.6 Å². The highest BCUT2D eigenvalue weighted by atomic mass is 16.2. The third kappa shape index (κ3) is 3.45. The molecule has 1 saturated carbocycles. The van der Waals surface area contributed by atoms with Crippen LogP contribution in [0, 0.1) is 5.92 Å². The maximum atomic E-state index is 12.6. The van der Waals surface area contributed by atoms with E-state index < -0.39 is 5.91 Å². The van der Waals surface area contributed by atoms with Crippen LogP contribution in [0.25, 0.3) is 0 Å². The molecule has 0 atom stereocenters. The molecule has 2 aromatic carbocycles. The number of hydrogen-bond acceptors (Lipinski definition) is 3. The van der Waals surface area contributed by atoms with E-state index in [1.54, 1.807) is 48.5 Å². The Morgan fingerprint density at radius 2 is 1.39 bits per heavy atom. The maximum absolute atomic E-state index is 12.6. The van der Waals surface area contributed by atoms with Crippen molar-refractivity contribution in [2.45, 2.75) is 12.8 Å². The van der Waals surface area contributed by atoms with E-state index in [0.717, 1.165) is 12.8 Å². The highest BCUT2D eigenvalue weighted by Gasteiger charge is 2.30. The zero-order chi connectivity index (χ0) is 16.2. The topological polar surface area (TPSA) is 75.3 Å². The van der Waals surface area contributed by atoms with Crippen LogP contribution in [-0.2, 0) is 4.79 Å². The molecule has 0 aromatic heterocycles. The van der Waals surface area contributed by atoms with Crippen molar-refractivity contribution in [3.8, 4) is 0 Å². The molecule has 2 N–H and O–H groups in total. The van der Waals surface area contributed by atoms with E-state index >= 15 is 0 Å². The fourth-order valence-electron chi connectivity index (χ4n) is 2.26. The lowest BCUT2D eigenvalue weighted by Crippen LogP contribution is -2.42. The van der Waals surface area contributed by atoms with Crippen LogP contribution in [0.2, 0.25) is 0 Å². The molecule has 1 fully saturated rings. The molecule has 116 valence electrons. The van der Waals surface area contributed by atoms with Crippen molar-refractivity contribution in [1.29, 1.82) is 0 Å². The van der Waals surface area contributed by atoms with Gasteiger partial charge in [-0.25, -0.2) is 0 Å². The first-order valence-corrected chi connectivity index (χ1v) is 7.46. The first-order chi connectivity index (χ1) is 11.2. The second kappa shape index (κ2) is 6.44. The van der Waals surface area contributed by atoms with Gasteiger partial charge in [0.2, 0.25) is 5.91 Å². The van der Waals surface area contributed by atoms with Crippen molar-refractivity contribution in [3.05, 3.63) is 71.3 Å². The molecule has 5 heteroatoms. The first kappa shape index (κ1) is 15.0. The Kier molecular flexibility index (Phi) is 4.19. The normalized spacial score (nSPS) is 13.2. The van der Waals surface area contributed by atoms with Gasteiger partial charge in [0.1, 0.15) is 0 Å². The van der Waals surface area contributed by atoms with Gasteiger partial charge < -0.3 is 0 Å². The third-order valence-corrected chi connectivity index (χ3v) is 3.70. The molecule has 1 aliphatic carbocycles. The van der Waals surface area contributed by atoms with Gasteiger partial charge in [-0.05, 0) is 18.9 Å². The lowest BCUT2D eigenvalue weighted by Gasteiger charge is -2.10. The van der Waals surface area contributed by atoms with Crippen LogP contribution in [0.3, 0.4) is 0 Å². The third-order valence-electron chi connectivity index (χ3n) is 3.70. The van der Waals surface area contributed by atoms with Crippen molar-refractivity contribution in [2.24, 2.45) is 5.92 Å². The van der Waals surface area contributed by atoms with E-state index in [0.29, 0.717) is 11.1 Å². The average molecular weight is 308 g/mol. The fourth-order valence-corrected chi connectivity index (χ4v) is 2.26. The summed E-state index contributed by atoms with van der Waals surface area (Å²) in [5.41, 5.74) is 5.82. The molecule has 0 aliphatic heterocycles. The van der Waals surface area contributed by atoms with Gasteiger partial charge in [0.05, 0.1) is 5.56 Å². The average Bonchev–Trinajstić information content (AvgIpc) is 3.44. The summed E-state index contributed by atoms with van der Waals surface area (Å²) in [4.78, 5) is 36.4. The second-order valence-corrected chi connectivity index (χ2v) is 5.46. The lowest BCUT2D eigenvalue weighted by molar-refractivity contribution is -0.123. The zero-order valence-corrected chi connectivity index (χ0v) is 12.4. The SMILES string of the molecule is O=C(NNC(=O)C1CC1)c1ccccc1C(=O)c1ccccc1. The van der Waals surface area contributed by atoms with Gasteiger partial charge in [-0.2, -0.15) is 0 Å². The van der Waals surface area contributed by atoms with Gasteiger partial charge >= 0.3 is 0 Å². The summed E-state index contributed by atoms with van der Waals surface area (Å²) in [7, 11) is 0. The highest BCUT2D eigenvalue weighted by Crippen LogP contribution is 2.28. The van der Waals surface area contributed by atoms with Gasteiger partial charge in [-0.1, -0.05) is 48.5 Å². The Bertz CT molecular complexity index is 752. The van der Waals surface area contributed by atoms with Crippen LogP contribution in [0.5, 0.6) is 0 Å². The number of rotatable bonds is 4. The Labute approximate surface area is 133 Å². The van der Waals surface area contributed by atoms with Crippen molar-refractivity contribution in [2.75, 3.05) is 0 Å². The van der Waals surface area contributed by atoms with Crippen LogP contribution in [0.4, 0.5) is 0 Å². The molecule has 5 nitrogen and oxygen atoms in total. The van der Waals surface area contributed by atoms with Gasteiger partial charge in [0, 0.05) is 17.0 Å². The minimum atomic E-state index is -0.501. The van der Waals surface area contributed by atoms with Crippen LogP contribution < -0.4 is 10.9 Å². The highest BCUT2D eigenvalue weighted by molar-refractivity contribution is 6.15. The van der Waals surface area contributed by atoms with E-state index in [1.165, 1.54) is 0 Å². The minimum absolute atomic E-state index is 0.00325. The zero-order valence-electron chi connectivity index (χ0n) is 12.4. The Balaban J connectivity index is 1.78. The van der Waals surface area contributed by atoms with Gasteiger partial charge in [-0.15, -0.1) is 0 Å². The molecule has 1 aliphatic rings. The summed E-state index contributed by atoms with van der Waals surface area (Å²) in [5.74, 6) is -0.925. The molecule has 2 aromatic rings. The summed E-state index contributed by atoms with van der Waals surface area (Å²) >= 11 is 0. The van der Waals surface area contributed by atoms with Crippen molar-refractivity contribution in [1.82, 2.24) is 10.9 Å². The summed E-state index contributed by atoms with van der Waals surface area (Å²) in [5, 5.41) is 0. The summed E-state index contributed by atoms with van der Waals surface area (Å²) < 4.78 is 0. The lowest BCUT2D eigenvalue weighted by atomic mass is 9.98. The molecule has 2 amide bonds. The van der Waals surface area contributed by atoms with Crippen molar-refractivity contribution < 1.29 is 14.4 Å². The largest absolute Gasteiger partial charge is 0.289 e. The van der Waals surface area contributed by atoms with E-state index in [1.807, 2.05) is 6.07 Å². The number of nitrogens with one attached hydrogen (secondary N) is 2. The van der Waals surface area contributed by atoms with Gasteiger partial charge in [-0.3, -0.25) is 25.2 Å². The standard InChI is InChI=1S/C18H16N2O3/c21-16(12-6-2-1-3-7-12)14-8-4-5-9-15(14)18(23)20-19-17(22)13-10-11-13/h1-9,13H,10-11H2,(H,19,22)(H,20,23). The second-order valence-electron chi connectivity index (χ2n) is 5.46. The van der Waals surface area contributed by atoms with Crippen LogP contribution in [-0.4, -0.2) is 17.6 Å². The molecule has 0 saturated heterocycles. The minimum Gasteiger partial charge on any atom is -0.289 e. The van der Waals surface area contributed by atoms with E-state index in [4.69, 9.17) is 0 Å². The molecule has 0 heterocycles.